The van der Waals surface area contributed by atoms with E-state index in [-0.39, 0.29) is 11.9 Å². The third kappa shape index (κ3) is 3.71. The summed E-state index contributed by atoms with van der Waals surface area (Å²) in [6, 6.07) is 14.9. The lowest BCUT2D eigenvalue weighted by molar-refractivity contribution is 0.0948. The van der Waals surface area contributed by atoms with Crippen molar-refractivity contribution in [2.75, 3.05) is 31.5 Å². The molecular formula is C27H32N4O. The van der Waals surface area contributed by atoms with Gasteiger partial charge in [0, 0.05) is 47.4 Å². The maximum Gasteiger partial charge on any atom is 0.251 e. The van der Waals surface area contributed by atoms with Crippen LogP contribution >= 0.6 is 0 Å². The standard InChI is InChI=1S/C27H32N4O/c1-3-31(4-2)15-14-28-27(32)18-12-13-25-22(16-18)19-9-7-10-21(19)26(30-25)23-17-29-24-11-6-5-8-20(23)24/h5-9,11-13,16-17,19,21,26,29-30H,3-4,10,14-15H2,1-2H3,(H,28,32). The Labute approximate surface area is 189 Å². The van der Waals surface area contributed by atoms with Gasteiger partial charge in [0.2, 0.25) is 0 Å². The Morgan fingerprint density at radius 1 is 1.12 bits per heavy atom. The summed E-state index contributed by atoms with van der Waals surface area (Å²) in [5.74, 6) is 0.785. The van der Waals surface area contributed by atoms with Crippen molar-refractivity contribution in [3.05, 3.63) is 77.5 Å². The molecule has 2 aromatic carbocycles. The van der Waals surface area contributed by atoms with Crippen LogP contribution in [-0.2, 0) is 0 Å². The van der Waals surface area contributed by atoms with Crippen LogP contribution in [-0.4, -0.2) is 42.0 Å². The molecule has 0 radical (unpaired) electrons. The van der Waals surface area contributed by atoms with Crippen molar-refractivity contribution >= 4 is 22.5 Å². The van der Waals surface area contributed by atoms with Gasteiger partial charge in [0.15, 0.2) is 0 Å². The van der Waals surface area contributed by atoms with Crippen molar-refractivity contribution in [3.8, 4) is 0 Å². The lowest BCUT2D eigenvalue weighted by Crippen LogP contribution is -2.35. The molecule has 2 heterocycles. The zero-order chi connectivity index (χ0) is 22.1. The molecule has 3 aromatic rings. The number of carbonyl (C=O) groups excluding carboxylic acids is 1. The number of nitrogens with one attached hydrogen (secondary N) is 3. The second-order valence-electron chi connectivity index (χ2n) is 8.85. The van der Waals surface area contributed by atoms with Crippen LogP contribution in [0.25, 0.3) is 10.9 Å². The summed E-state index contributed by atoms with van der Waals surface area (Å²) in [7, 11) is 0. The second kappa shape index (κ2) is 8.83. The van der Waals surface area contributed by atoms with Crippen LogP contribution in [0.15, 0.2) is 60.8 Å². The summed E-state index contributed by atoms with van der Waals surface area (Å²) >= 11 is 0. The lowest BCUT2D eigenvalue weighted by Gasteiger charge is -2.37. The van der Waals surface area contributed by atoms with Gasteiger partial charge in [0.05, 0.1) is 6.04 Å². The predicted molar refractivity (Wildman–Crippen MR) is 131 cm³/mol. The summed E-state index contributed by atoms with van der Waals surface area (Å²) in [5, 5.41) is 8.18. The van der Waals surface area contributed by atoms with Crippen LogP contribution in [0.2, 0.25) is 0 Å². The van der Waals surface area contributed by atoms with E-state index in [0.29, 0.717) is 18.4 Å². The highest BCUT2D eigenvalue weighted by Crippen LogP contribution is 2.50. The summed E-state index contributed by atoms with van der Waals surface area (Å²) in [4.78, 5) is 18.6. The van der Waals surface area contributed by atoms with E-state index in [4.69, 9.17) is 0 Å². The van der Waals surface area contributed by atoms with E-state index in [1.54, 1.807) is 0 Å². The Kier molecular flexibility index (Phi) is 5.75. The Morgan fingerprint density at radius 3 is 2.81 bits per heavy atom. The average molecular weight is 429 g/mol. The number of H-pyrrole nitrogens is 1. The van der Waals surface area contributed by atoms with E-state index in [1.807, 2.05) is 6.07 Å². The molecule has 3 N–H and O–H groups in total. The molecule has 3 unspecified atom stereocenters. The molecule has 5 heteroatoms. The van der Waals surface area contributed by atoms with Gasteiger partial charge in [-0.1, -0.05) is 44.2 Å². The number of aromatic amines is 1. The average Bonchev–Trinajstić information content (AvgIpc) is 3.49. The molecule has 5 rings (SSSR count). The van der Waals surface area contributed by atoms with Crippen molar-refractivity contribution in [2.45, 2.75) is 32.2 Å². The van der Waals surface area contributed by atoms with Crippen LogP contribution in [0.5, 0.6) is 0 Å². The Morgan fingerprint density at radius 2 is 1.97 bits per heavy atom. The fourth-order valence-electron chi connectivity index (χ4n) is 5.36. The van der Waals surface area contributed by atoms with E-state index < -0.39 is 0 Å². The number of carbonyl (C=O) groups is 1. The fraction of sp³-hybridized carbons (Fsp3) is 0.370. The highest BCUT2D eigenvalue weighted by Gasteiger charge is 2.39. The smallest absolute Gasteiger partial charge is 0.251 e. The van der Waals surface area contributed by atoms with Gasteiger partial charge in [-0.3, -0.25) is 4.79 Å². The van der Waals surface area contributed by atoms with E-state index in [1.165, 1.54) is 22.0 Å². The van der Waals surface area contributed by atoms with Gasteiger partial charge in [0.1, 0.15) is 0 Å². The molecule has 0 fully saturated rings. The molecule has 166 valence electrons. The van der Waals surface area contributed by atoms with Gasteiger partial charge in [-0.05, 0) is 60.8 Å². The van der Waals surface area contributed by atoms with Gasteiger partial charge in [-0.25, -0.2) is 0 Å². The maximum absolute atomic E-state index is 12.8. The van der Waals surface area contributed by atoms with Crippen molar-refractivity contribution in [1.82, 2.24) is 15.2 Å². The summed E-state index contributed by atoms with van der Waals surface area (Å²) in [6.45, 7) is 7.86. The summed E-state index contributed by atoms with van der Waals surface area (Å²) in [5.41, 5.74) is 5.61. The Hall–Kier alpha value is -3.05. The number of rotatable bonds is 7. The molecule has 1 aromatic heterocycles. The number of anilines is 1. The quantitative estimate of drug-likeness (QED) is 0.461. The predicted octanol–water partition coefficient (Wildman–Crippen LogP) is 5.07. The number of allylic oxidation sites excluding steroid dienone is 2. The topological polar surface area (TPSA) is 60.2 Å². The van der Waals surface area contributed by atoms with Gasteiger partial charge in [0.25, 0.3) is 5.91 Å². The Balaban J connectivity index is 1.38. The minimum Gasteiger partial charge on any atom is -0.378 e. The highest BCUT2D eigenvalue weighted by atomic mass is 16.1. The molecule has 1 amide bonds. The molecule has 0 saturated heterocycles. The van der Waals surface area contributed by atoms with Crippen LogP contribution in [0, 0.1) is 5.92 Å². The van der Waals surface area contributed by atoms with E-state index in [9.17, 15) is 4.79 Å². The molecule has 5 nitrogen and oxygen atoms in total. The van der Waals surface area contributed by atoms with Crippen molar-refractivity contribution in [1.29, 1.82) is 0 Å². The number of likely N-dealkylation sites (N-methyl/N-ethyl adjacent to an activating group) is 1. The third-order valence-corrected chi connectivity index (χ3v) is 7.19. The SMILES string of the molecule is CCN(CC)CCNC(=O)c1ccc2c(c1)C1C=CCC1C(c1c[nH]c3ccccc13)N2. The highest BCUT2D eigenvalue weighted by molar-refractivity contribution is 5.95. The van der Waals surface area contributed by atoms with Crippen LogP contribution in [0.1, 0.15) is 53.7 Å². The molecule has 1 aliphatic carbocycles. The number of nitrogens with zero attached hydrogens (tertiary/aromatic N) is 1. The minimum absolute atomic E-state index is 0.0113. The fourth-order valence-corrected chi connectivity index (χ4v) is 5.36. The largest absolute Gasteiger partial charge is 0.378 e. The molecule has 0 bridgehead atoms. The van der Waals surface area contributed by atoms with Gasteiger partial charge >= 0.3 is 0 Å². The molecule has 1 aliphatic heterocycles. The zero-order valence-electron chi connectivity index (χ0n) is 18.9. The van der Waals surface area contributed by atoms with Gasteiger partial charge in [-0.15, -0.1) is 0 Å². The molecular weight excluding hydrogens is 396 g/mol. The first-order valence-electron chi connectivity index (χ1n) is 11.8. The van der Waals surface area contributed by atoms with Crippen LogP contribution in [0.3, 0.4) is 0 Å². The minimum atomic E-state index is 0.0113. The molecule has 32 heavy (non-hydrogen) atoms. The van der Waals surface area contributed by atoms with Crippen molar-refractivity contribution < 1.29 is 4.79 Å². The summed E-state index contributed by atoms with van der Waals surface area (Å²) in [6.07, 6.45) is 7.82. The van der Waals surface area contributed by atoms with Crippen LogP contribution < -0.4 is 10.6 Å². The molecule has 2 aliphatic rings. The number of amides is 1. The Bertz CT molecular complexity index is 1140. The number of para-hydroxylation sites is 1. The van der Waals surface area contributed by atoms with Gasteiger partial charge < -0.3 is 20.5 Å². The van der Waals surface area contributed by atoms with E-state index in [0.717, 1.165) is 37.3 Å². The maximum atomic E-state index is 12.8. The van der Waals surface area contributed by atoms with Crippen LogP contribution in [0.4, 0.5) is 5.69 Å². The van der Waals surface area contributed by atoms with E-state index in [2.05, 4.69) is 89.1 Å². The second-order valence-corrected chi connectivity index (χ2v) is 8.85. The monoisotopic (exact) mass is 428 g/mol. The molecule has 3 atom stereocenters. The van der Waals surface area contributed by atoms with Crippen molar-refractivity contribution in [3.63, 3.8) is 0 Å². The lowest BCUT2D eigenvalue weighted by atomic mass is 9.76. The third-order valence-electron chi connectivity index (χ3n) is 7.19. The first kappa shape index (κ1) is 20.8. The first-order chi connectivity index (χ1) is 15.7. The van der Waals surface area contributed by atoms with Gasteiger partial charge in [-0.2, -0.15) is 0 Å². The normalized spacial score (nSPS) is 21.4. The zero-order valence-corrected chi connectivity index (χ0v) is 18.9. The number of hydrogen-bond acceptors (Lipinski definition) is 3. The van der Waals surface area contributed by atoms with Crippen molar-refractivity contribution in [2.24, 2.45) is 5.92 Å². The number of aromatic nitrogens is 1. The molecule has 0 spiro atoms. The van der Waals surface area contributed by atoms with E-state index >= 15 is 0 Å². The molecule has 0 saturated carbocycles. The summed E-state index contributed by atoms with van der Waals surface area (Å²) < 4.78 is 0. The number of fused-ring (bicyclic) bond motifs is 4. The number of hydrogen-bond donors (Lipinski definition) is 3. The first-order valence-corrected chi connectivity index (χ1v) is 11.8. The number of benzene rings is 2.